The first-order valence-electron chi connectivity index (χ1n) is 7.36. The van der Waals surface area contributed by atoms with Crippen LogP contribution < -0.4 is 11.1 Å². The predicted molar refractivity (Wildman–Crippen MR) is 74.9 cm³/mol. The Bertz CT molecular complexity index is 241. The summed E-state index contributed by atoms with van der Waals surface area (Å²) in [6.45, 7) is 5.86. The van der Waals surface area contributed by atoms with Gasteiger partial charge in [-0.15, -0.1) is 0 Å². The molecule has 1 aliphatic rings. The van der Waals surface area contributed by atoms with E-state index in [1.54, 1.807) is 0 Å². The molecule has 0 saturated carbocycles. The predicted octanol–water partition coefficient (Wildman–Crippen LogP) is 1.06. The van der Waals surface area contributed by atoms with Crippen LogP contribution in [0, 0.1) is 5.92 Å². The summed E-state index contributed by atoms with van der Waals surface area (Å²) in [6, 6.07) is 0.0913. The second-order valence-corrected chi connectivity index (χ2v) is 5.35. The number of ether oxygens (including phenoxy) is 2. The number of carbonyl (C=O) groups excluding carboxylic acids is 1. The standard InChI is InChI=1S/C14H28N2O3/c1-12(15)3-4-14(17)16-7-2-8-19-11-13-5-9-18-10-6-13/h12-13H,2-11,15H2,1H3,(H,16,17). The second-order valence-electron chi connectivity index (χ2n) is 5.35. The van der Waals surface area contributed by atoms with Gasteiger partial charge in [0.05, 0.1) is 0 Å². The zero-order valence-electron chi connectivity index (χ0n) is 12.0. The topological polar surface area (TPSA) is 73.6 Å². The average molecular weight is 272 g/mol. The molecule has 19 heavy (non-hydrogen) atoms. The number of nitrogens with two attached hydrogens (primary N) is 1. The van der Waals surface area contributed by atoms with Crippen molar-refractivity contribution in [3.63, 3.8) is 0 Å². The lowest BCUT2D eigenvalue weighted by Gasteiger charge is -2.21. The molecule has 0 aromatic rings. The molecule has 5 heteroatoms. The van der Waals surface area contributed by atoms with Gasteiger partial charge in [-0.2, -0.15) is 0 Å². The SMILES string of the molecule is CC(N)CCC(=O)NCCCOCC1CCOCC1. The number of hydrogen-bond donors (Lipinski definition) is 2. The smallest absolute Gasteiger partial charge is 0.220 e. The molecule has 1 amide bonds. The molecule has 1 saturated heterocycles. The lowest BCUT2D eigenvalue weighted by molar-refractivity contribution is -0.121. The van der Waals surface area contributed by atoms with E-state index in [0.717, 1.165) is 45.5 Å². The van der Waals surface area contributed by atoms with Gasteiger partial charge in [-0.25, -0.2) is 0 Å². The van der Waals surface area contributed by atoms with Gasteiger partial charge < -0.3 is 20.5 Å². The summed E-state index contributed by atoms with van der Waals surface area (Å²) in [5.74, 6) is 0.733. The van der Waals surface area contributed by atoms with Gasteiger partial charge in [0.25, 0.3) is 0 Å². The minimum absolute atomic E-state index is 0.0849. The maximum Gasteiger partial charge on any atom is 0.220 e. The minimum Gasteiger partial charge on any atom is -0.381 e. The van der Waals surface area contributed by atoms with Crippen molar-refractivity contribution in [2.24, 2.45) is 11.7 Å². The molecule has 0 aromatic heterocycles. The molecule has 1 heterocycles. The van der Waals surface area contributed by atoms with E-state index in [1.807, 2.05) is 6.92 Å². The normalized spacial score (nSPS) is 18.2. The van der Waals surface area contributed by atoms with Gasteiger partial charge in [0.1, 0.15) is 0 Å². The Morgan fingerprint density at radius 3 is 2.89 bits per heavy atom. The van der Waals surface area contributed by atoms with E-state index < -0.39 is 0 Å². The number of rotatable bonds is 9. The Balaban J connectivity index is 1.86. The first-order chi connectivity index (χ1) is 9.18. The van der Waals surface area contributed by atoms with Crippen molar-refractivity contribution < 1.29 is 14.3 Å². The van der Waals surface area contributed by atoms with Crippen molar-refractivity contribution in [3.8, 4) is 0 Å². The summed E-state index contributed by atoms with van der Waals surface area (Å²) in [5, 5.41) is 2.88. The molecule has 112 valence electrons. The first-order valence-corrected chi connectivity index (χ1v) is 7.36. The summed E-state index contributed by atoms with van der Waals surface area (Å²) < 4.78 is 10.9. The largest absolute Gasteiger partial charge is 0.381 e. The van der Waals surface area contributed by atoms with Gasteiger partial charge in [0, 0.05) is 45.4 Å². The summed E-state index contributed by atoms with van der Waals surface area (Å²) in [5.41, 5.74) is 5.60. The molecule has 1 unspecified atom stereocenters. The molecule has 1 rings (SSSR count). The minimum atomic E-state index is 0.0849. The fourth-order valence-electron chi connectivity index (χ4n) is 2.01. The van der Waals surface area contributed by atoms with Crippen molar-refractivity contribution in [3.05, 3.63) is 0 Å². The van der Waals surface area contributed by atoms with Crippen LogP contribution in [0.5, 0.6) is 0 Å². The van der Waals surface area contributed by atoms with Crippen molar-refractivity contribution in [2.45, 2.75) is 45.1 Å². The zero-order chi connectivity index (χ0) is 13.9. The molecule has 0 bridgehead atoms. The summed E-state index contributed by atoms with van der Waals surface area (Å²) in [6.07, 6.45) is 4.34. The van der Waals surface area contributed by atoms with Gasteiger partial charge in [-0.1, -0.05) is 0 Å². The summed E-state index contributed by atoms with van der Waals surface area (Å²) in [4.78, 5) is 11.4. The van der Waals surface area contributed by atoms with Crippen LogP contribution >= 0.6 is 0 Å². The number of carbonyl (C=O) groups is 1. The number of hydrogen-bond acceptors (Lipinski definition) is 4. The molecule has 1 atom stereocenters. The molecule has 0 spiro atoms. The lowest BCUT2D eigenvalue weighted by Crippen LogP contribution is -2.27. The van der Waals surface area contributed by atoms with Crippen LogP contribution in [-0.2, 0) is 14.3 Å². The molecule has 1 aliphatic heterocycles. The summed E-state index contributed by atoms with van der Waals surface area (Å²) >= 11 is 0. The highest BCUT2D eigenvalue weighted by Gasteiger charge is 2.13. The highest BCUT2D eigenvalue weighted by atomic mass is 16.5. The van der Waals surface area contributed by atoms with Crippen molar-refractivity contribution in [1.82, 2.24) is 5.32 Å². The van der Waals surface area contributed by atoms with E-state index in [-0.39, 0.29) is 11.9 Å². The van der Waals surface area contributed by atoms with Crippen molar-refractivity contribution in [2.75, 3.05) is 33.0 Å². The Morgan fingerprint density at radius 2 is 2.21 bits per heavy atom. The third-order valence-corrected chi connectivity index (χ3v) is 3.31. The van der Waals surface area contributed by atoms with Crippen molar-refractivity contribution in [1.29, 1.82) is 0 Å². The third-order valence-electron chi connectivity index (χ3n) is 3.31. The fourth-order valence-corrected chi connectivity index (χ4v) is 2.01. The maximum absolute atomic E-state index is 11.4. The Hall–Kier alpha value is -0.650. The third kappa shape index (κ3) is 8.97. The quantitative estimate of drug-likeness (QED) is 0.616. The first kappa shape index (κ1) is 16.4. The molecule has 0 aliphatic carbocycles. The number of amides is 1. The lowest BCUT2D eigenvalue weighted by atomic mass is 10.0. The Kier molecular flexibility index (Phi) is 8.79. The number of nitrogens with one attached hydrogen (secondary N) is 1. The van der Waals surface area contributed by atoms with Gasteiger partial charge in [-0.3, -0.25) is 4.79 Å². The monoisotopic (exact) mass is 272 g/mol. The van der Waals surface area contributed by atoms with Crippen LogP contribution in [0.3, 0.4) is 0 Å². The van der Waals surface area contributed by atoms with Gasteiger partial charge in [0.2, 0.25) is 5.91 Å². The van der Waals surface area contributed by atoms with Crippen LogP contribution in [0.25, 0.3) is 0 Å². The maximum atomic E-state index is 11.4. The highest BCUT2D eigenvalue weighted by molar-refractivity contribution is 5.75. The molecule has 3 N–H and O–H groups in total. The molecule has 5 nitrogen and oxygen atoms in total. The van der Waals surface area contributed by atoms with E-state index in [4.69, 9.17) is 15.2 Å². The Labute approximate surface area is 116 Å². The molecular weight excluding hydrogens is 244 g/mol. The van der Waals surface area contributed by atoms with Crippen LogP contribution in [-0.4, -0.2) is 44.9 Å². The van der Waals surface area contributed by atoms with E-state index in [9.17, 15) is 4.79 Å². The zero-order valence-corrected chi connectivity index (χ0v) is 12.0. The molecule has 0 aromatic carbocycles. The van der Waals surface area contributed by atoms with Crippen molar-refractivity contribution >= 4 is 5.91 Å². The van der Waals surface area contributed by atoms with Crippen LogP contribution in [0.15, 0.2) is 0 Å². The van der Waals surface area contributed by atoms with Crippen LogP contribution in [0.4, 0.5) is 0 Å². The molecular formula is C14H28N2O3. The van der Waals surface area contributed by atoms with E-state index in [0.29, 0.717) is 25.5 Å². The van der Waals surface area contributed by atoms with Crippen LogP contribution in [0.1, 0.15) is 39.0 Å². The Morgan fingerprint density at radius 1 is 1.47 bits per heavy atom. The van der Waals surface area contributed by atoms with E-state index in [2.05, 4.69) is 5.32 Å². The van der Waals surface area contributed by atoms with Gasteiger partial charge >= 0.3 is 0 Å². The second kappa shape index (κ2) is 10.2. The highest BCUT2D eigenvalue weighted by Crippen LogP contribution is 2.14. The fraction of sp³-hybridized carbons (Fsp3) is 0.929. The van der Waals surface area contributed by atoms with Crippen LogP contribution in [0.2, 0.25) is 0 Å². The molecule has 1 fully saturated rings. The summed E-state index contributed by atoms with van der Waals surface area (Å²) in [7, 11) is 0. The van der Waals surface area contributed by atoms with E-state index >= 15 is 0 Å². The molecule has 0 radical (unpaired) electrons. The van der Waals surface area contributed by atoms with Gasteiger partial charge in [-0.05, 0) is 38.5 Å². The van der Waals surface area contributed by atoms with E-state index in [1.165, 1.54) is 0 Å². The average Bonchev–Trinajstić information content (AvgIpc) is 2.41. The van der Waals surface area contributed by atoms with Gasteiger partial charge in [0.15, 0.2) is 0 Å².